The van der Waals surface area contributed by atoms with E-state index >= 15 is 0 Å². The zero-order valence-electron chi connectivity index (χ0n) is 18.8. The first-order chi connectivity index (χ1) is 16.6. The number of rotatable bonds is 10. The second-order valence-electron chi connectivity index (χ2n) is 7.75. The molecule has 11 heteroatoms. The summed E-state index contributed by atoms with van der Waals surface area (Å²) < 4.78 is 12.6. The third kappa shape index (κ3) is 6.25. The smallest absolute Gasteiger partial charge is 0.262 e. The number of anilines is 2. The van der Waals surface area contributed by atoms with E-state index in [1.165, 1.54) is 31.7 Å². The Kier molecular flexibility index (Phi) is 7.97. The second kappa shape index (κ2) is 11.5. The number of carbonyl (C=O) groups is 2. The highest BCUT2D eigenvalue weighted by molar-refractivity contribution is 7.99. The van der Waals surface area contributed by atoms with Crippen LogP contribution in [0.5, 0.6) is 11.5 Å². The number of hydrogen-bond acceptors (Lipinski definition) is 8. The van der Waals surface area contributed by atoms with E-state index in [4.69, 9.17) is 9.47 Å². The minimum atomic E-state index is -0.330. The molecule has 1 aliphatic carbocycles. The lowest BCUT2D eigenvalue weighted by Gasteiger charge is -2.12. The van der Waals surface area contributed by atoms with E-state index in [0.29, 0.717) is 34.1 Å². The first kappa shape index (κ1) is 23.6. The SMILES string of the molecule is COc1ccccc1OCC(=O)Nc1cccc(NC(=O)CSc2nnnn2C2CCCC2)c1. The zero-order chi connectivity index (χ0) is 23.8. The number of hydrogen-bond donors (Lipinski definition) is 2. The molecule has 0 spiro atoms. The van der Waals surface area contributed by atoms with Crippen molar-refractivity contribution >= 4 is 35.0 Å². The van der Waals surface area contributed by atoms with Crippen molar-refractivity contribution < 1.29 is 19.1 Å². The van der Waals surface area contributed by atoms with E-state index < -0.39 is 0 Å². The number of tetrazole rings is 1. The number of carbonyl (C=O) groups excluding carboxylic acids is 2. The van der Waals surface area contributed by atoms with Gasteiger partial charge >= 0.3 is 0 Å². The van der Waals surface area contributed by atoms with Crippen LogP contribution in [-0.4, -0.2) is 51.5 Å². The highest BCUT2D eigenvalue weighted by atomic mass is 32.2. The van der Waals surface area contributed by atoms with Crippen LogP contribution < -0.4 is 20.1 Å². The fraction of sp³-hybridized carbons (Fsp3) is 0.348. The van der Waals surface area contributed by atoms with Crippen molar-refractivity contribution in [1.82, 2.24) is 20.2 Å². The van der Waals surface area contributed by atoms with Crippen molar-refractivity contribution in [3.05, 3.63) is 48.5 Å². The van der Waals surface area contributed by atoms with Gasteiger partial charge < -0.3 is 20.1 Å². The van der Waals surface area contributed by atoms with Crippen LogP contribution in [0.2, 0.25) is 0 Å². The number of thioether (sulfide) groups is 1. The van der Waals surface area contributed by atoms with Crippen molar-refractivity contribution in [2.45, 2.75) is 36.9 Å². The summed E-state index contributed by atoms with van der Waals surface area (Å²) in [5.74, 6) is 0.696. The molecule has 0 atom stereocenters. The lowest BCUT2D eigenvalue weighted by Crippen LogP contribution is -2.20. The Labute approximate surface area is 201 Å². The van der Waals surface area contributed by atoms with Gasteiger partial charge in [-0.1, -0.05) is 42.8 Å². The van der Waals surface area contributed by atoms with Gasteiger partial charge in [0.15, 0.2) is 18.1 Å². The number of nitrogens with zero attached hydrogens (tertiary/aromatic N) is 4. The number of para-hydroxylation sites is 2. The molecule has 4 rings (SSSR count). The van der Waals surface area contributed by atoms with Crippen molar-refractivity contribution in [2.24, 2.45) is 0 Å². The molecule has 0 bridgehead atoms. The van der Waals surface area contributed by atoms with Gasteiger partial charge in [-0.2, -0.15) is 0 Å². The molecule has 1 heterocycles. The van der Waals surface area contributed by atoms with Gasteiger partial charge in [-0.3, -0.25) is 9.59 Å². The largest absolute Gasteiger partial charge is 0.493 e. The zero-order valence-corrected chi connectivity index (χ0v) is 19.6. The Morgan fingerprint density at radius 2 is 1.74 bits per heavy atom. The second-order valence-corrected chi connectivity index (χ2v) is 8.69. The fourth-order valence-electron chi connectivity index (χ4n) is 3.74. The maximum absolute atomic E-state index is 12.5. The van der Waals surface area contributed by atoms with E-state index in [0.717, 1.165) is 12.8 Å². The van der Waals surface area contributed by atoms with Gasteiger partial charge in [-0.05, 0) is 53.6 Å². The van der Waals surface area contributed by atoms with Crippen LogP contribution in [0.1, 0.15) is 31.7 Å². The number of aromatic nitrogens is 4. The van der Waals surface area contributed by atoms with Gasteiger partial charge in [-0.25, -0.2) is 4.68 Å². The molecule has 2 N–H and O–H groups in total. The Morgan fingerprint density at radius 3 is 2.47 bits per heavy atom. The normalized spacial score (nSPS) is 13.4. The lowest BCUT2D eigenvalue weighted by atomic mass is 10.2. The first-order valence-electron chi connectivity index (χ1n) is 11.0. The molecular weight excluding hydrogens is 456 g/mol. The third-order valence-corrected chi connectivity index (χ3v) is 6.26. The first-order valence-corrected chi connectivity index (χ1v) is 12.0. The van der Waals surface area contributed by atoms with Gasteiger partial charge in [0.25, 0.3) is 5.91 Å². The molecular formula is C23H26N6O4S. The molecule has 0 unspecified atom stereocenters. The Hall–Kier alpha value is -3.60. The maximum atomic E-state index is 12.5. The summed E-state index contributed by atoms with van der Waals surface area (Å²) in [7, 11) is 1.54. The Balaban J connectivity index is 1.26. The van der Waals surface area contributed by atoms with Crippen LogP contribution in [0.15, 0.2) is 53.7 Å². The van der Waals surface area contributed by atoms with Gasteiger partial charge in [0, 0.05) is 11.4 Å². The van der Waals surface area contributed by atoms with Crippen LogP contribution >= 0.6 is 11.8 Å². The van der Waals surface area contributed by atoms with Crippen molar-refractivity contribution in [3.8, 4) is 11.5 Å². The maximum Gasteiger partial charge on any atom is 0.262 e. The third-order valence-electron chi connectivity index (χ3n) is 5.32. The molecule has 0 aliphatic heterocycles. The average molecular weight is 483 g/mol. The van der Waals surface area contributed by atoms with Crippen LogP contribution in [0.25, 0.3) is 0 Å². The molecule has 178 valence electrons. The topological polar surface area (TPSA) is 120 Å². The quantitative estimate of drug-likeness (QED) is 0.421. The molecule has 2 amide bonds. The summed E-state index contributed by atoms with van der Waals surface area (Å²) in [5.41, 5.74) is 1.12. The number of nitrogens with one attached hydrogen (secondary N) is 2. The standard InChI is InChI=1S/C23H26N6O4S/c1-32-19-11-4-5-12-20(19)33-14-21(30)24-16-7-6-8-17(13-16)25-22(31)15-34-23-26-27-28-29(23)18-9-2-3-10-18/h4-8,11-13,18H,2-3,9-10,14-15H2,1H3,(H,24,30)(H,25,31). The van der Waals surface area contributed by atoms with Crippen molar-refractivity contribution in [1.29, 1.82) is 0 Å². The Bertz CT molecular complexity index is 1130. The molecule has 1 aliphatic rings. The molecule has 1 fully saturated rings. The van der Waals surface area contributed by atoms with Crippen LogP contribution in [0.4, 0.5) is 11.4 Å². The summed E-state index contributed by atoms with van der Waals surface area (Å²) in [4.78, 5) is 24.8. The van der Waals surface area contributed by atoms with Crippen LogP contribution in [0, 0.1) is 0 Å². The lowest BCUT2D eigenvalue weighted by molar-refractivity contribution is -0.118. The fourth-order valence-corrected chi connectivity index (χ4v) is 4.48. The van der Waals surface area contributed by atoms with Crippen LogP contribution in [-0.2, 0) is 9.59 Å². The highest BCUT2D eigenvalue weighted by Gasteiger charge is 2.22. The molecule has 34 heavy (non-hydrogen) atoms. The number of benzene rings is 2. The van der Waals surface area contributed by atoms with Gasteiger partial charge in [-0.15, -0.1) is 5.10 Å². The van der Waals surface area contributed by atoms with Gasteiger partial charge in [0.2, 0.25) is 11.1 Å². The highest BCUT2D eigenvalue weighted by Crippen LogP contribution is 2.31. The predicted molar refractivity (Wildman–Crippen MR) is 128 cm³/mol. The van der Waals surface area contributed by atoms with E-state index in [1.54, 1.807) is 42.5 Å². The minimum Gasteiger partial charge on any atom is -0.493 e. The van der Waals surface area contributed by atoms with Crippen molar-refractivity contribution in [3.63, 3.8) is 0 Å². The van der Waals surface area contributed by atoms with Crippen molar-refractivity contribution in [2.75, 3.05) is 30.1 Å². The molecule has 0 saturated heterocycles. The molecule has 0 radical (unpaired) electrons. The number of ether oxygens (including phenoxy) is 2. The summed E-state index contributed by atoms with van der Waals surface area (Å²) >= 11 is 1.31. The summed E-state index contributed by atoms with van der Waals surface area (Å²) in [6.07, 6.45) is 4.48. The summed E-state index contributed by atoms with van der Waals surface area (Å²) in [5, 5.41) is 18.2. The Morgan fingerprint density at radius 1 is 1.03 bits per heavy atom. The number of methoxy groups -OCH3 is 1. The number of amides is 2. The molecule has 3 aromatic rings. The molecule has 1 aromatic heterocycles. The van der Waals surface area contributed by atoms with E-state index in [1.807, 2.05) is 10.7 Å². The minimum absolute atomic E-state index is 0.177. The van der Waals surface area contributed by atoms with Gasteiger partial charge in [0.1, 0.15) is 0 Å². The molecule has 10 nitrogen and oxygen atoms in total. The van der Waals surface area contributed by atoms with Gasteiger partial charge in [0.05, 0.1) is 18.9 Å². The van der Waals surface area contributed by atoms with E-state index in [2.05, 4.69) is 26.2 Å². The predicted octanol–water partition coefficient (Wildman–Crippen LogP) is 3.55. The summed E-state index contributed by atoms with van der Waals surface area (Å²) in [6, 6.07) is 14.4. The summed E-state index contributed by atoms with van der Waals surface area (Å²) in [6.45, 7) is -0.177. The van der Waals surface area contributed by atoms with Crippen LogP contribution in [0.3, 0.4) is 0 Å². The molecule has 1 saturated carbocycles. The van der Waals surface area contributed by atoms with E-state index in [9.17, 15) is 9.59 Å². The van der Waals surface area contributed by atoms with E-state index in [-0.39, 0.29) is 24.2 Å². The average Bonchev–Trinajstić information content (AvgIpc) is 3.53. The monoisotopic (exact) mass is 482 g/mol. The molecule has 2 aromatic carbocycles.